The summed E-state index contributed by atoms with van der Waals surface area (Å²) in [6.07, 6.45) is 7.85. The molecule has 2 heterocycles. The molecule has 5 heteroatoms. The molecule has 0 fully saturated rings. The number of nitrogens with zero attached hydrogens (tertiary/aromatic N) is 3. The van der Waals surface area contributed by atoms with Crippen molar-refractivity contribution >= 4 is 11.8 Å². The summed E-state index contributed by atoms with van der Waals surface area (Å²) < 4.78 is 0. The van der Waals surface area contributed by atoms with E-state index in [9.17, 15) is 0 Å². The molecule has 2 rings (SSSR count). The topological polar surface area (TPSA) is 64.7 Å². The van der Waals surface area contributed by atoms with Crippen molar-refractivity contribution < 1.29 is 0 Å². The molecule has 0 amide bonds. The first-order valence-electron chi connectivity index (χ1n) is 5.89. The van der Waals surface area contributed by atoms with E-state index in [0.29, 0.717) is 0 Å². The van der Waals surface area contributed by atoms with Crippen LogP contribution < -0.4 is 5.73 Å². The Kier molecular flexibility index (Phi) is 4.66. The number of thioether (sulfide) groups is 1. The van der Waals surface area contributed by atoms with Crippen molar-refractivity contribution in [2.75, 3.05) is 0 Å². The Morgan fingerprint density at radius 2 is 2.17 bits per heavy atom. The fourth-order valence-electron chi connectivity index (χ4n) is 1.64. The lowest BCUT2D eigenvalue weighted by molar-refractivity contribution is 0.632. The van der Waals surface area contributed by atoms with Crippen LogP contribution in [0.15, 0.2) is 48.1 Å². The highest BCUT2D eigenvalue weighted by Crippen LogP contribution is 2.36. The second-order valence-corrected chi connectivity index (χ2v) is 5.11. The van der Waals surface area contributed by atoms with Crippen LogP contribution in [-0.2, 0) is 0 Å². The highest BCUT2D eigenvalue weighted by Gasteiger charge is 2.20. The molecule has 2 aromatic heterocycles. The summed E-state index contributed by atoms with van der Waals surface area (Å²) >= 11 is 1.66. The van der Waals surface area contributed by atoms with Crippen molar-refractivity contribution in [2.24, 2.45) is 5.73 Å². The van der Waals surface area contributed by atoms with Gasteiger partial charge in [-0.05, 0) is 24.1 Å². The molecule has 0 bridgehead atoms. The molecular formula is C13H16N4S. The Hall–Kier alpha value is -1.46. The Labute approximate surface area is 111 Å². The van der Waals surface area contributed by atoms with E-state index in [4.69, 9.17) is 5.73 Å². The first-order chi connectivity index (χ1) is 8.81. The molecule has 4 nitrogen and oxygen atoms in total. The molecule has 0 aliphatic carbocycles. The van der Waals surface area contributed by atoms with Crippen LogP contribution in [0.5, 0.6) is 0 Å². The van der Waals surface area contributed by atoms with Gasteiger partial charge in [0.25, 0.3) is 0 Å². The van der Waals surface area contributed by atoms with Gasteiger partial charge in [-0.25, -0.2) is 9.97 Å². The largest absolute Gasteiger partial charge is 0.326 e. The molecule has 0 aliphatic heterocycles. The minimum absolute atomic E-state index is 0.0779. The average Bonchev–Trinajstić information content (AvgIpc) is 2.46. The Bertz CT molecular complexity index is 463. The fraction of sp³-hybridized carbons (Fsp3) is 0.308. The van der Waals surface area contributed by atoms with E-state index in [1.165, 1.54) is 0 Å². The summed E-state index contributed by atoms with van der Waals surface area (Å²) in [5.74, 6) is 0. The molecule has 18 heavy (non-hydrogen) atoms. The SMILES string of the molecule is CCC(N)C(Sc1ccncn1)c1cccnc1. The van der Waals surface area contributed by atoms with Gasteiger partial charge in [0, 0.05) is 24.6 Å². The maximum atomic E-state index is 6.21. The van der Waals surface area contributed by atoms with Gasteiger partial charge in [0.1, 0.15) is 6.33 Å². The lowest BCUT2D eigenvalue weighted by Gasteiger charge is -2.22. The first-order valence-corrected chi connectivity index (χ1v) is 6.77. The van der Waals surface area contributed by atoms with E-state index in [2.05, 4.69) is 27.9 Å². The van der Waals surface area contributed by atoms with Gasteiger partial charge in [-0.15, -0.1) is 0 Å². The van der Waals surface area contributed by atoms with E-state index in [0.717, 1.165) is 17.0 Å². The van der Waals surface area contributed by atoms with Crippen LogP contribution in [0.1, 0.15) is 24.2 Å². The van der Waals surface area contributed by atoms with Crippen LogP contribution in [0, 0.1) is 0 Å². The smallest absolute Gasteiger partial charge is 0.116 e. The molecule has 0 spiro atoms. The van der Waals surface area contributed by atoms with Crippen LogP contribution in [0.3, 0.4) is 0 Å². The normalized spacial score (nSPS) is 14.1. The highest BCUT2D eigenvalue weighted by atomic mass is 32.2. The standard InChI is InChI=1S/C13H16N4S/c1-2-11(14)13(10-4-3-6-15-8-10)18-12-5-7-16-9-17-12/h3-9,11,13H,2,14H2,1H3. The predicted octanol–water partition coefficient (Wildman–Crippen LogP) is 2.44. The van der Waals surface area contributed by atoms with Gasteiger partial charge in [-0.3, -0.25) is 4.98 Å². The number of hydrogen-bond donors (Lipinski definition) is 1. The highest BCUT2D eigenvalue weighted by molar-refractivity contribution is 7.99. The molecule has 0 aromatic carbocycles. The quantitative estimate of drug-likeness (QED) is 0.660. The van der Waals surface area contributed by atoms with Crippen LogP contribution in [-0.4, -0.2) is 21.0 Å². The number of hydrogen-bond acceptors (Lipinski definition) is 5. The maximum Gasteiger partial charge on any atom is 0.116 e. The minimum atomic E-state index is 0.0779. The maximum absolute atomic E-state index is 6.21. The summed E-state index contributed by atoms with van der Waals surface area (Å²) in [5, 5.41) is 1.10. The average molecular weight is 260 g/mol. The molecule has 2 aromatic rings. The Morgan fingerprint density at radius 1 is 1.28 bits per heavy atom. The zero-order valence-electron chi connectivity index (χ0n) is 10.2. The molecule has 0 saturated heterocycles. The van der Waals surface area contributed by atoms with Crippen LogP contribution in [0.2, 0.25) is 0 Å². The van der Waals surface area contributed by atoms with Gasteiger partial charge < -0.3 is 5.73 Å². The second kappa shape index (κ2) is 6.47. The zero-order chi connectivity index (χ0) is 12.8. The van der Waals surface area contributed by atoms with Crippen molar-refractivity contribution in [3.8, 4) is 0 Å². The van der Waals surface area contributed by atoms with E-state index in [1.807, 2.05) is 18.3 Å². The molecule has 0 radical (unpaired) electrons. The van der Waals surface area contributed by atoms with Gasteiger partial charge in [0.2, 0.25) is 0 Å². The van der Waals surface area contributed by atoms with Crippen LogP contribution >= 0.6 is 11.8 Å². The molecule has 0 saturated carbocycles. The molecule has 2 unspecified atom stereocenters. The van der Waals surface area contributed by atoms with Crippen LogP contribution in [0.25, 0.3) is 0 Å². The number of rotatable bonds is 5. The lowest BCUT2D eigenvalue weighted by Crippen LogP contribution is -2.25. The Morgan fingerprint density at radius 3 is 2.78 bits per heavy atom. The summed E-state index contributed by atoms with van der Waals surface area (Å²) in [6, 6.07) is 5.97. The minimum Gasteiger partial charge on any atom is -0.326 e. The summed E-state index contributed by atoms with van der Waals surface area (Å²) in [5.41, 5.74) is 7.34. The number of nitrogens with two attached hydrogens (primary N) is 1. The fourth-order valence-corrected chi connectivity index (χ4v) is 2.79. The zero-order valence-corrected chi connectivity index (χ0v) is 11.0. The van der Waals surface area contributed by atoms with Gasteiger partial charge in [-0.2, -0.15) is 0 Å². The third-order valence-corrected chi connectivity index (χ3v) is 4.03. The second-order valence-electron chi connectivity index (χ2n) is 3.94. The Balaban J connectivity index is 2.21. The third-order valence-electron chi connectivity index (χ3n) is 2.68. The van der Waals surface area contributed by atoms with Crippen LogP contribution in [0.4, 0.5) is 0 Å². The summed E-state index contributed by atoms with van der Waals surface area (Å²) in [4.78, 5) is 12.3. The van der Waals surface area contributed by atoms with E-state index in [-0.39, 0.29) is 11.3 Å². The van der Waals surface area contributed by atoms with Gasteiger partial charge in [-0.1, -0.05) is 24.8 Å². The van der Waals surface area contributed by atoms with E-state index < -0.39 is 0 Å². The van der Waals surface area contributed by atoms with Gasteiger partial charge >= 0.3 is 0 Å². The molecule has 2 atom stereocenters. The van der Waals surface area contributed by atoms with Gasteiger partial charge in [0.05, 0.1) is 10.3 Å². The molecular weight excluding hydrogens is 244 g/mol. The first kappa shape index (κ1) is 13.0. The van der Waals surface area contributed by atoms with Crippen molar-refractivity contribution in [1.29, 1.82) is 0 Å². The lowest BCUT2D eigenvalue weighted by atomic mass is 10.1. The third kappa shape index (κ3) is 3.27. The predicted molar refractivity (Wildman–Crippen MR) is 73.1 cm³/mol. The number of pyridine rings is 1. The molecule has 2 N–H and O–H groups in total. The monoisotopic (exact) mass is 260 g/mol. The van der Waals surface area contributed by atoms with Gasteiger partial charge in [0.15, 0.2) is 0 Å². The van der Waals surface area contributed by atoms with E-state index in [1.54, 1.807) is 30.5 Å². The molecule has 0 aliphatic rings. The van der Waals surface area contributed by atoms with E-state index >= 15 is 0 Å². The summed E-state index contributed by atoms with van der Waals surface area (Å²) in [7, 11) is 0. The summed E-state index contributed by atoms with van der Waals surface area (Å²) in [6.45, 7) is 2.09. The van der Waals surface area contributed by atoms with Crippen molar-refractivity contribution in [2.45, 2.75) is 29.7 Å². The van der Waals surface area contributed by atoms with Crippen molar-refractivity contribution in [3.05, 3.63) is 48.7 Å². The number of aromatic nitrogens is 3. The molecule has 94 valence electrons. The van der Waals surface area contributed by atoms with Crippen molar-refractivity contribution in [1.82, 2.24) is 15.0 Å². The van der Waals surface area contributed by atoms with Crippen molar-refractivity contribution in [3.63, 3.8) is 0 Å².